The summed E-state index contributed by atoms with van der Waals surface area (Å²) in [6.45, 7) is 3.85. The summed E-state index contributed by atoms with van der Waals surface area (Å²) in [7, 11) is 3.16. The largest absolute Gasteiger partial charge is 0.496 e. The highest BCUT2D eigenvalue weighted by molar-refractivity contribution is 5.95. The van der Waals surface area contributed by atoms with Gasteiger partial charge in [0.15, 0.2) is 0 Å². The first-order chi connectivity index (χ1) is 10.6. The van der Waals surface area contributed by atoms with Crippen molar-refractivity contribution in [2.24, 2.45) is 0 Å². The second kappa shape index (κ2) is 6.98. The van der Waals surface area contributed by atoms with Crippen LogP contribution in [0.25, 0.3) is 0 Å². The van der Waals surface area contributed by atoms with Crippen molar-refractivity contribution in [1.29, 1.82) is 0 Å². The third-order valence-electron chi connectivity index (χ3n) is 3.66. The number of hydrogen-bond acceptors (Lipinski definition) is 3. The Morgan fingerprint density at radius 2 is 1.59 bits per heavy atom. The lowest BCUT2D eigenvalue weighted by Gasteiger charge is -2.16. The number of ether oxygens (including phenoxy) is 2. The third kappa shape index (κ3) is 3.39. The van der Waals surface area contributed by atoms with Gasteiger partial charge in [0.25, 0.3) is 5.91 Å². The van der Waals surface area contributed by atoms with E-state index in [0.717, 1.165) is 11.1 Å². The quantitative estimate of drug-likeness (QED) is 0.919. The van der Waals surface area contributed by atoms with Gasteiger partial charge in [-0.05, 0) is 31.5 Å². The van der Waals surface area contributed by atoms with Crippen molar-refractivity contribution < 1.29 is 14.3 Å². The van der Waals surface area contributed by atoms with Crippen LogP contribution >= 0.6 is 0 Å². The monoisotopic (exact) mass is 299 g/mol. The van der Waals surface area contributed by atoms with Crippen LogP contribution in [0.2, 0.25) is 0 Å². The Hall–Kier alpha value is -2.49. The molecule has 0 aliphatic carbocycles. The highest BCUT2D eigenvalue weighted by atomic mass is 16.5. The normalized spacial score (nSPS) is 11.6. The smallest absolute Gasteiger partial charge is 0.252 e. The Kier molecular flexibility index (Phi) is 5.04. The molecule has 1 amide bonds. The molecule has 4 heteroatoms. The predicted molar refractivity (Wildman–Crippen MR) is 86.6 cm³/mol. The predicted octanol–water partition coefficient (Wildman–Crippen LogP) is 3.50. The number of carbonyl (C=O) groups excluding carboxylic acids is 1. The molecule has 4 nitrogen and oxygen atoms in total. The molecule has 116 valence electrons. The fraction of sp³-hybridized carbons (Fsp3) is 0.278. The van der Waals surface area contributed by atoms with Gasteiger partial charge in [0.1, 0.15) is 11.5 Å². The van der Waals surface area contributed by atoms with Crippen molar-refractivity contribution in [2.45, 2.75) is 19.9 Å². The molecule has 2 rings (SSSR count). The molecule has 0 radical (unpaired) electrons. The van der Waals surface area contributed by atoms with E-state index in [9.17, 15) is 4.79 Å². The van der Waals surface area contributed by atoms with E-state index in [2.05, 4.69) is 5.32 Å². The van der Waals surface area contributed by atoms with E-state index in [-0.39, 0.29) is 11.9 Å². The van der Waals surface area contributed by atoms with Crippen LogP contribution in [0.4, 0.5) is 0 Å². The van der Waals surface area contributed by atoms with Crippen LogP contribution in [0.1, 0.15) is 34.5 Å². The average molecular weight is 299 g/mol. The molecular weight excluding hydrogens is 278 g/mol. The number of benzene rings is 2. The molecule has 0 heterocycles. The Labute approximate surface area is 131 Å². The molecule has 0 unspecified atom stereocenters. The van der Waals surface area contributed by atoms with Gasteiger partial charge >= 0.3 is 0 Å². The van der Waals surface area contributed by atoms with Crippen LogP contribution in [0.15, 0.2) is 42.5 Å². The van der Waals surface area contributed by atoms with Crippen LogP contribution in [0.5, 0.6) is 11.5 Å². The summed E-state index contributed by atoms with van der Waals surface area (Å²) in [6.07, 6.45) is 0. The third-order valence-corrected chi connectivity index (χ3v) is 3.66. The lowest BCUT2D eigenvalue weighted by molar-refractivity contribution is 0.0939. The minimum Gasteiger partial charge on any atom is -0.496 e. The number of nitrogens with one attached hydrogen (secondary N) is 1. The van der Waals surface area contributed by atoms with Crippen molar-refractivity contribution in [3.05, 3.63) is 59.2 Å². The molecule has 2 aromatic carbocycles. The van der Waals surface area contributed by atoms with Crippen molar-refractivity contribution in [2.75, 3.05) is 14.2 Å². The van der Waals surface area contributed by atoms with E-state index >= 15 is 0 Å². The zero-order valence-electron chi connectivity index (χ0n) is 13.3. The number of carbonyl (C=O) groups is 1. The first kappa shape index (κ1) is 15.9. The lowest BCUT2D eigenvalue weighted by Crippen LogP contribution is -2.26. The Morgan fingerprint density at radius 1 is 1.05 bits per heavy atom. The fourth-order valence-electron chi connectivity index (χ4n) is 2.32. The van der Waals surface area contributed by atoms with E-state index in [0.29, 0.717) is 17.1 Å². The van der Waals surface area contributed by atoms with Gasteiger partial charge in [-0.3, -0.25) is 4.79 Å². The van der Waals surface area contributed by atoms with Gasteiger partial charge < -0.3 is 14.8 Å². The molecule has 0 spiro atoms. The summed E-state index contributed by atoms with van der Waals surface area (Å²) < 4.78 is 10.6. The van der Waals surface area contributed by atoms with Crippen molar-refractivity contribution in [3.63, 3.8) is 0 Å². The second-order valence-corrected chi connectivity index (χ2v) is 5.11. The zero-order chi connectivity index (χ0) is 16.1. The summed E-state index contributed by atoms with van der Waals surface area (Å²) in [5.41, 5.74) is 2.45. The average Bonchev–Trinajstić information content (AvgIpc) is 2.55. The minimum absolute atomic E-state index is 0.0769. The van der Waals surface area contributed by atoms with Crippen LogP contribution in [-0.2, 0) is 0 Å². The highest BCUT2D eigenvalue weighted by Crippen LogP contribution is 2.29. The number of hydrogen-bond donors (Lipinski definition) is 1. The van der Waals surface area contributed by atoms with Crippen LogP contribution in [0, 0.1) is 6.92 Å². The SMILES string of the molecule is COc1cc(C(=O)N[C@H](C)c2ccccc2)cc(OC)c1C. The molecule has 0 saturated heterocycles. The van der Waals surface area contributed by atoms with Gasteiger partial charge in [0.2, 0.25) is 0 Å². The summed E-state index contributed by atoms with van der Waals surface area (Å²) >= 11 is 0. The first-order valence-corrected chi connectivity index (χ1v) is 7.15. The van der Waals surface area contributed by atoms with Gasteiger partial charge in [0, 0.05) is 11.1 Å². The van der Waals surface area contributed by atoms with Crippen molar-refractivity contribution >= 4 is 5.91 Å². The topological polar surface area (TPSA) is 47.6 Å². The molecule has 0 fully saturated rings. The minimum atomic E-state index is -0.159. The zero-order valence-corrected chi connectivity index (χ0v) is 13.3. The molecule has 0 bridgehead atoms. The van der Waals surface area contributed by atoms with Gasteiger partial charge in [-0.15, -0.1) is 0 Å². The Balaban J connectivity index is 2.22. The van der Waals surface area contributed by atoms with Crippen molar-refractivity contribution in [3.8, 4) is 11.5 Å². The number of methoxy groups -OCH3 is 2. The molecule has 22 heavy (non-hydrogen) atoms. The second-order valence-electron chi connectivity index (χ2n) is 5.11. The van der Waals surface area contributed by atoms with Gasteiger partial charge in [-0.2, -0.15) is 0 Å². The first-order valence-electron chi connectivity index (χ1n) is 7.15. The van der Waals surface area contributed by atoms with Gasteiger partial charge in [-0.25, -0.2) is 0 Å². The molecule has 0 aromatic heterocycles. The molecule has 1 atom stereocenters. The number of rotatable bonds is 5. The maximum Gasteiger partial charge on any atom is 0.252 e. The van der Waals surface area contributed by atoms with Crippen LogP contribution < -0.4 is 14.8 Å². The molecule has 0 aliphatic rings. The lowest BCUT2D eigenvalue weighted by atomic mass is 10.1. The highest BCUT2D eigenvalue weighted by Gasteiger charge is 2.15. The number of amides is 1. The molecule has 1 N–H and O–H groups in total. The summed E-state index contributed by atoms with van der Waals surface area (Å²) in [4.78, 5) is 12.5. The van der Waals surface area contributed by atoms with Crippen molar-refractivity contribution in [1.82, 2.24) is 5.32 Å². The Morgan fingerprint density at radius 3 is 2.09 bits per heavy atom. The van der Waals surface area contributed by atoms with E-state index in [1.54, 1.807) is 26.4 Å². The van der Waals surface area contributed by atoms with Gasteiger partial charge in [0.05, 0.1) is 20.3 Å². The molecule has 0 saturated carbocycles. The van der Waals surface area contributed by atoms with E-state index in [4.69, 9.17) is 9.47 Å². The summed E-state index contributed by atoms with van der Waals surface area (Å²) in [5, 5.41) is 2.98. The molecule has 0 aliphatic heterocycles. The summed E-state index contributed by atoms with van der Waals surface area (Å²) in [6, 6.07) is 13.2. The Bertz CT molecular complexity index is 628. The maximum atomic E-state index is 12.5. The van der Waals surface area contributed by atoms with Crippen LogP contribution in [0.3, 0.4) is 0 Å². The van der Waals surface area contributed by atoms with E-state index in [1.165, 1.54) is 0 Å². The fourth-order valence-corrected chi connectivity index (χ4v) is 2.32. The molecular formula is C18H21NO3. The van der Waals surface area contributed by atoms with E-state index in [1.807, 2.05) is 44.2 Å². The standard InChI is InChI=1S/C18H21NO3/c1-12-16(21-3)10-15(11-17(12)22-4)18(20)19-13(2)14-8-6-5-7-9-14/h5-11,13H,1-4H3,(H,19,20)/t13-/m1/s1. The maximum absolute atomic E-state index is 12.5. The van der Waals surface area contributed by atoms with Gasteiger partial charge in [-0.1, -0.05) is 30.3 Å². The van der Waals surface area contributed by atoms with E-state index < -0.39 is 0 Å². The van der Waals surface area contributed by atoms with Crippen LogP contribution in [-0.4, -0.2) is 20.1 Å². The molecule has 2 aromatic rings. The summed E-state index contributed by atoms with van der Waals surface area (Å²) in [5.74, 6) is 1.11.